The summed E-state index contributed by atoms with van der Waals surface area (Å²) in [6.07, 6.45) is -5.61. The molecule has 5 heterocycles. The largest absolute Gasteiger partial charge is 0.459 e. The molecule has 4 aliphatic heterocycles. The smallest absolute Gasteiger partial charge is 0.311 e. The van der Waals surface area contributed by atoms with Gasteiger partial charge in [-0.05, 0) is 136 Å². The number of esters is 1. The Morgan fingerprint density at radius 3 is 2.33 bits per heavy atom. The van der Waals surface area contributed by atoms with E-state index >= 15 is 0 Å². The van der Waals surface area contributed by atoms with Crippen LogP contribution in [-0.4, -0.2) is 178 Å². The lowest BCUT2D eigenvalue weighted by Crippen LogP contribution is -2.60. The fraction of sp³-hybridized carbons (Fsp3) is 0.661. The lowest BCUT2D eigenvalue weighted by Gasteiger charge is -2.48. The van der Waals surface area contributed by atoms with Crippen molar-refractivity contribution in [1.29, 1.82) is 0 Å². The van der Waals surface area contributed by atoms with Crippen molar-refractivity contribution in [3.05, 3.63) is 65.3 Å². The third-order valence-corrected chi connectivity index (χ3v) is 19.0. The Bertz CT molecular complexity index is 2550. The molecule has 18 atom stereocenters. The highest BCUT2D eigenvalue weighted by molar-refractivity contribution is 7.99. The number of benzene rings is 2. The molecule has 1 aromatic heterocycles. The van der Waals surface area contributed by atoms with Crippen LogP contribution in [0.3, 0.4) is 0 Å². The summed E-state index contributed by atoms with van der Waals surface area (Å²) in [6, 6.07) is 13.9. The molecule has 7 rings (SSSR count). The number of fused-ring (bicyclic) bond motifs is 5. The van der Waals surface area contributed by atoms with Crippen molar-refractivity contribution in [2.75, 3.05) is 40.8 Å². The molecule has 16 nitrogen and oxygen atoms in total. The van der Waals surface area contributed by atoms with Gasteiger partial charge in [0.25, 0.3) is 0 Å². The van der Waals surface area contributed by atoms with Crippen molar-refractivity contribution in [2.45, 2.75) is 201 Å². The van der Waals surface area contributed by atoms with E-state index in [1.807, 2.05) is 55.9 Å². The average molecular weight is 1130 g/mol. The minimum absolute atomic E-state index is 0.0872. The summed E-state index contributed by atoms with van der Waals surface area (Å²) in [7, 11) is 5.24. The van der Waals surface area contributed by atoms with Crippen molar-refractivity contribution in [3.63, 3.8) is 0 Å². The molecule has 3 saturated heterocycles. The van der Waals surface area contributed by atoms with Gasteiger partial charge < -0.3 is 64.2 Å². The number of likely N-dealkylation sites (N-methyl/N-ethyl adjacent to an activating group) is 1. The second-order valence-electron chi connectivity index (χ2n) is 23.3. The second kappa shape index (κ2) is 25.8. The Labute approximate surface area is 468 Å². The number of halogens is 1. The van der Waals surface area contributed by atoms with Crippen molar-refractivity contribution in [3.8, 4) is 21.6 Å². The van der Waals surface area contributed by atoms with E-state index in [1.54, 1.807) is 78.4 Å². The standard InChI is InChI=1S/C59H86FN3O13S2/c1-14-46-59(10,70)52(66)36(6)63(25-17-24-61-47(64)23-21-39-28-41-40-18-15-16-19-44(40)78-45-22-20-38(60)27-42(45)51(41)77-39)31-32(2)29-57(8,69)54(76-56-49(65)43(62(11)12)26-33(3)72-56)34(4)50(35(5)55(68)74-46)75-48-30-58(9,71-13)53(67)37(7)73-48/h15-16,18-23,27-28,32-37,43,46,48-50,52-54,56,65-67,69-70H,14,17,24-26,29-31H2,1-13H3,(H,61,64)/b23-21+/t32-,33-,34+,35-,36-,37+,43+,46-,48+,49-,50+,52-,53+,54-,56+,57-,58-,59-/m1/s1. The predicted octanol–water partition coefficient (Wildman–Crippen LogP) is 7.49. The molecule has 3 fully saturated rings. The SMILES string of the molecule is CC[C@H]1OC(=O)[C@H](C)[C@@H](O[C@H]2C[C@@](C)(OC)[C@@H](O)[C@H](C)O2)[C@H](C)[C@@H](O[C@@H]2O[C@H](C)C[C@H](N(C)C)[C@H]2O)[C@](C)(O)C[C@@H](C)CN(CCCNC(=O)/C=C/c2cc3c(s2)-c2cc(F)ccc2Sc2ccccc2-3)[C@H](C)[C@@H](O)[C@]1(C)O. The number of rotatable bonds is 13. The number of amides is 1. The zero-order valence-electron chi connectivity index (χ0n) is 47.7. The third kappa shape index (κ3) is 13.9. The lowest BCUT2D eigenvalue weighted by molar-refractivity contribution is -0.318. The predicted molar refractivity (Wildman–Crippen MR) is 299 cm³/mol. The number of aliphatic hydroxyl groups is 5. The van der Waals surface area contributed by atoms with Crippen molar-refractivity contribution >= 4 is 41.1 Å². The highest BCUT2D eigenvalue weighted by atomic mass is 32.2. The summed E-state index contributed by atoms with van der Waals surface area (Å²) in [5.74, 6) is -3.60. The maximum absolute atomic E-state index is 14.7. The van der Waals surface area contributed by atoms with Crippen LogP contribution in [0.15, 0.2) is 64.4 Å². The fourth-order valence-corrected chi connectivity index (χ4v) is 14.4. The van der Waals surface area contributed by atoms with Gasteiger partial charge in [-0.15, -0.1) is 11.3 Å². The highest BCUT2D eigenvalue weighted by Crippen LogP contribution is 2.51. The van der Waals surface area contributed by atoms with Crippen LogP contribution in [0.25, 0.3) is 27.6 Å². The van der Waals surface area contributed by atoms with Gasteiger partial charge >= 0.3 is 5.97 Å². The molecule has 3 aromatic rings. The van der Waals surface area contributed by atoms with E-state index in [9.17, 15) is 39.5 Å². The zero-order valence-corrected chi connectivity index (χ0v) is 49.3. The summed E-state index contributed by atoms with van der Waals surface area (Å²) in [5, 5.41) is 63.4. The number of cyclic esters (lactones) is 1. The van der Waals surface area contributed by atoms with E-state index in [0.717, 1.165) is 36.2 Å². The Morgan fingerprint density at radius 2 is 1.64 bits per heavy atom. The number of ether oxygens (including phenoxy) is 6. The van der Waals surface area contributed by atoms with Crippen LogP contribution in [0.2, 0.25) is 0 Å². The molecule has 0 bridgehead atoms. The molecule has 19 heteroatoms. The minimum Gasteiger partial charge on any atom is -0.459 e. The Hall–Kier alpha value is -3.38. The van der Waals surface area contributed by atoms with Crippen LogP contribution in [0.1, 0.15) is 106 Å². The van der Waals surface area contributed by atoms with Gasteiger partial charge in [-0.1, -0.05) is 50.7 Å². The summed E-state index contributed by atoms with van der Waals surface area (Å²) >= 11 is 3.10. The Kier molecular flexibility index (Phi) is 20.6. The van der Waals surface area contributed by atoms with Gasteiger partial charge in [0.1, 0.15) is 35.8 Å². The fourth-order valence-electron chi connectivity index (χ4n) is 12.2. The number of aliphatic hydroxyl groups excluding tert-OH is 3. The zero-order chi connectivity index (χ0) is 57.2. The van der Waals surface area contributed by atoms with E-state index in [1.165, 1.54) is 37.5 Å². The van der Waals surface area contributed by atoms with Crippen LogP contribution < -0.4 is 5.32 Å². The van der Waals surface area contributed by atoms with E-state index in [2.05, 4.69) is 17.4 Å². The quantitative estimate of drug-likeness (QED) is 0.0435. The number of nitrogens with one attached hydrogen (secondary N) is 1. The molecular formula is C59H86FN3O13S2. The Balaban J connectivity index is 1.14. The molecule has 0 saturated carbocycles. The molecule has 0 spiro atoms. The normalized spacial score (nSPS) is 37.4. The molecule has 78 heavy (non-hydrogen) atoms. The van der Waals surface area contributed by atoms with Crippen LogP contribution in [0.5, 0.6) is 0 Å². The molecule has 434 valence electrons. The first-order chi connectivity index (χ1) is 36.7. The average Bonchev–Trinajstić information content (AvgIpc) is 3.79. The number of hydrogen-bond donors (Lipinski definition) is 6. The third-order valence-electron chi connectivity index (χ3n) is 16.7. The van der Waals surface area contributed by atoms with Gasteiger partial charge in [0, 0.05) is 87.9 Å². The van der Waals surface area contributed by atoms with E-state index < -0.39 is 96.0 Å². The first-order valence-corrected chi connectivity index (χ1v) is 29.3. The van der Waals surface area contributed by atoms with E-state index in [4.69, 9.17) is 28.4 Å². The summed E-state index contributed by atoms with van der Waals surface area (Å²) in [5.41, 5.74) is -1.89. The number of hydrogen-bond acceptors (Lipinski definition) is 17. The summed E-state index contributed by atoms with van der Waals surface area (Å²) < 4.78 is 52.8. The number of nitrogens with zero attached hydrogens (tertiary/aromatic N) is 2. The van der Waals surface area contributed by atoms with Crippen molar-refractivity contribution < 1.29 is 67.9 Å². The molecule has 0 unspecified atom stereocenters. The minimum atomic E-state index is -1.95. The monoisotopic (exact) mass is 1130 g/mol. The summed E-state index contributed by atoms with van der Waals surface area (Å²) in [4.78, 5) is 35.8. The molecular weight excluding hydrogens is 1040 g/mol. The van der Waals surface area contributed by atoms with Crippen LogP contribution in [-0.2, 0) is 38.0 Å². The maximum atomic E-state index is 14.7. The number of methoxy groups -OCH3 is 1. The van der Waals surface area contributed by atoms with Crippen molar-refractivity contribution in [2.24, 2.45) is 17.8 Å². The second-order valence-corrected chi connectivity index (χ2v) is 25.5. The first kappa shape index (κ1) is 62.2. The highest BCUT2D eigenvalue weighted by Gasteiger charge is 2.53. The van der Waals surface area contributed by atoms with Gasteiger partial charge in [-0.25, -0.2) is 4.39 Å². The lowest BCUT2D eigenvalue weighted by atomic mass is 9.77. The molecule has 2 aromatic carbocycles. The van der Waals surface area contributed by atoms with Gasteiger partial charge in [-0.2, -0.15) is 0 Å². The molecule has 0 radical (unpaired) electrons. The van der Waals surface area contributed by atoms with Gasteiger partial charge in [0.15, 0.2) is 12.6 Å². The van der Waals surface area contributed by atoms with Crippen LogP contribution in [0.4, 0.5) is 4.39 Å². The van der Waals surface area contributed by atoms with Crippen LogP contribution in [0, 0.1) is 23.6 Å². The van der Waals surface area contributed by atoms with Gasteiger partial charge in [0.2, 0.25) is 5.91 Å². The maximum Gasteiger partial charge on any atom is 0.311 e. The van der Waals surface area contributed by atoms with Crippen molar-refractivity contribution in [1.82, 2.24) is 15.1 Å². The van der Waals surface area contributed by atoms with E-state index in [0.29, 0.717) is 25.9 Å². The molecule has 4 aliphatic rings. The molecule has 6 N–H and O–H groups in total. The molecule has 0 aliphatic carbocycles. The van der Waals surface area contributed by atoms with E-state index in [-0.39, 0.29) is 55.6 Å². The number of carbonyl (C=O) groups is 2. The Morgan fingerprint density at radius 1 is 0.936 bits per heavy atom. The first-order valence-electron chi connectivity index (χ1n) is 27.6. The number of thiophene rings is 1. The number of carbonyl (C=O) groups excluding carboxylic acids is 2. The van der Waals surface area contributed by atoms with Gasteiger partial charge in [0.05, 0.1) is 41.5 Å². The topological polar surface area (TPSA) is 209 Å². The van der Waals surface area contributed by atoms with Gasteiger partial charge in [-0.3, -0.25) is 14.5 Å². The molecule has 1 amide bonds. The van der Waals surface area contributed by atoms with Crippen LogP contribution >= 0.6 is 23.1 Å². The summed E-state index contributed by atoms with van der Waals surface area (Å²) in [6.45, 7) is 18.4.